The van der Waals surface area contributed by atoms with Crippen molar-refractivity contribution >= 4 is 11.4 Å². The summed E-state index contributed by atoms with van der Waals surface area (Å²) >= 11 is 0. The molecule has 19 heavy (non-hydrogen) atoms. The quantitative estimate of drug-likeness (QED) is 0.877. The number of hydrogen-bond acceptors (Lipinski definition) is 4. The van der Waals surface area contributed by atoms with Crippen LogP contribution in [0.25, 0.3) is 0 Å². The zero-order valence-electron chi connectivity index (χ0n) is 12.0. The number of hydrogen-bond donors (Lipinski definition) is 1. The summed E-state index contributed by atoms with van der Waals surface area (Å²) in [5.41, 5.74) is 2.67. The predicted octanol–water partition coefficient (Wildman–Crippen LogP) is 1.70. The highest BCUT2D eigenvalue weighted by Crippen LogP contribution is 2.39. The van der Waals surface area contributed by atoms with Gasteiger partial charge in [0.05, 0.1) is 24.5 Å². The Morgan fingerprint density at radius 3 is 2.89 bits per heavy atom. The van der Waals surface area contributed by atoms with E-state index >= 15 is 0 Å². The van der Waals surface area contributed by atoms with Crippen molar-refractivity contribution in [3.63, 3.8) is 0 Å². The van der Waals surface area contributed by atoms with E-state index in [4.69, 9.17) is 4.74 Å². The number of nitrogens with zero attached hydrogens (tertiary/aromatic N) is 2. The second-order valence-corrected chi connectivity index (χ2v) is 5.65. The lowest BCUT2D eigenvalue weighted by Crippen LogP contribution is -2.59. The van der Waals surface area contributed by atoms with Gasteiger partial charge in [-0.1, -0.05) is 0 Å². The van der Waals surface area contributed by atoms with E-state index in [1.165, 1.54) is 11.4 Å². The Labute approximate surface area is 115 Å². The molecular formula is C15H23N3O. The smallest absolute Gasteiger partial charge is 0.121 e. The number of ether oxygens (including phenoxy) is 1. The molecule has 3 rings (SSSR count). The number of piperazine rings is 1. The number of anilines is 2. The summed E-state index contributed by atoms with van der Waals surface area (Å²) in [6.45, 7) is 8.85. The summed E-state index contributed by atoms with van der Waals surface area (Å²) in [4.78, 5) is 5.04. The van der Waals surface area contributed by atoms with Crippen molar-refractivity contribution in [2.24, 2.45) is 0 Å². The molecule has 4 heteroatoms. The molecular weight excluding hydrogens is 238 g/mol. The first kappa shape index (κ1) is 12.6. The third-order valence-electron chi connectivity index (χ3n) is 4.18. The van der Waals surface area contributed by atoms with Crippen LogP contribution >= 0.6 is 0 Å². The highest BCUT2D eigenvalue weighted by Gasteiger charge is 2.33. The predicted molar refractivity (Wildman–Crippen MR) is 79.5 cm³/mol. The molecule has 1 aromatic carbocycles. The molecule has 1 aromatic rings. The van der Waals surface area contributed by atoms with Gasteiger partial charge in [-0.05, 0) is 26.0 Å². The highest BCUT2D eigenvalue weighted by molar-refractivity contribution is 5.76. The lowest BCUT2D eigenvalue weighted by Gasteiger charge is -2.48. The minimum atomic E-state index is 0.509. The average Bonchev–Trinajstić information content (AvgIpc) is 2.45. The summed E-state index contributed by atoms with van der Waals surface area (Å²) < 4.78 is 5.39. The van der Waals surface area contributed by atoms with E-state index in [0.717, 1.165) is 31.9 Å². The second-order valence-electron chi connectivity index (χ2n) is 5.65. The highest BCUT2D eigenvalue weighted by atomic mass is 16.5. The van der Waals surface area contributed by atoms with E-state index in [2.05, 4.69) is 47.2 Å². The largest absolute Gasteiger partial charge is 0.497 e. The Bertz CT molecular complexity index is 461. The van der Waals surface area contributed by atoms with Gasteiger partial charge in [0.2, 0.25) is 0 Å². The van der Waals surface area contributed by atoms with Gasteiger partial charge in [-0.2, -0.15) is 0 Å². The Balaban J connectivity index is 2.04. The van der Waals surface area contributed by atoms with E-state index < -0.39 is 0 Å². The maximum Gasteiger partial charge on any atom is 0.121 e. The zero-order chi connectivity index (χ0) is 13.4. The van der Waals surface area contributed by atoms with Crippen LogP contribution in [0.1, 0.15) is 13.8 Å². The Kier molecular flexibility index (Phi) is 3.27. The van der Waals surface area contributed by atoms with E-state index in [-0.39, 0.29) is 0 Å². The van der Waals surface area contributed by atoms with Crippen LogP contribution in [-0.2, 0) is 0 Å². The first-order valence-electron chi connectivity index (χ1n) is 7.12. The maximum absolute atomic E-state index is 5.39. The molecule has 0 bridgehead atoms. The summed E-state index contributed by atoms with van der Waals surface area (Å²) in [6.07, 6.45) is 0. The van der Waals surface area contributed by atoms with Crippen molar-refractivity contribution in [3.05, 3.63) is 18.2 Å². The average molecular weight is 261 g/mol. The van der Waals surface area contributed by atoms with E-state index in [9.17, 15) is 0 Å². The number of benzene rings is 1. The minimum absolute atomic E-state index is 0.509. The Morgan fingerprint density at radius 1 is 1.32 bits per heavy atom. The first-order chi connectivity index (χ1) is 9.20. The molecule has 104 valence electrons. The molecule has 0 aliphatic carbocycles. The van der Waals surface area contributed by atoms with Gasteiger partial charge in [0.1, 0.15) is 5.75 Å². The molecule has 0 aromatic heterocycles. The molecule has 1 N–H and O–H groups in total. The second kappa shape index (κ2) is 4.93. The molecule has 1 atom stereocenters. The van der Waals surface area contributed by atoms with E-state index in [1.54, 1.807) is 7.11 Å². The van der Waals surface area contributed by atoms with Gasteiger partial charge < -0.3 is 19.9 Å². The maximum atomic E-state index is 5.39. The van der Waals surface area contributed by atoms with Crippen molar-refractivity contribution < 1.29 is 4.74 Å². The fourth-order valence-electron chi connectivity index (χ4n) is 3.16. The summed E-state index contributed by atoms with van der Waals surface area (Å²) in [7, 11) is 1.73. The third kappa shape index (κ3) is 2.14. The fraction of sp³-hybridized carbons (Fsp3) is 0.600. The molecule has 4 nitrogen and oxygen atoms in total. The molecule has 0 saturated carbocycles. The molecule has 0 radical (unpaired) electrons. The van der Waals surface area contributed by atoms with Gasteiger partial charge >= 0.3 is 0 Å². The SMILES string of the molecule is COc1ccc2c(c1)N(C(C)C)CC1CNCCN21. The number of methoxy groups -OCH3 is 1. The van der Waals surface area contributed by atoms with Crippen LogP contribution in [0.2, 0.25) is 0 Å². The molecule has 2 heterocycles. The van der Waals surface area contributed by atoms with Gasteiger partial charge in [-0.15, -0.1) is 0 Å². The van der Waals surface area contributed by atoms with Crippen molar-refractivity contribution in [2.75, 3.05) is 43.1 Å². The van der Waals surface area contributed by atoms with Crippen LogP contribution in [0.5, 0.6) is 5.75 Å². The molecule has 2 aliphatic rings. The van der Waals surface area contributed by atoms with Crippen LogP contribution in [0, 0.1) is 0 Å². The number of nitrogens with one attached hydrogen (secondary N) is 1. The number of fused-ring (bicyclic) bond motifs is 3. The summed E-state index contributed by atoms with van der Waals surface area (Å²) in [6, 6.07) is 7.54. The van der Waals surface area contributed by atoms with Crippen molar-refractivity contribution in [1.82, 2.24) is 5.32 Å². The summed E-state index contributed by atoms with van der Waals surface area (Å²) in [5, 5.41) is 3.50. The Hall–Kier alpha value is -1.42. The monoisotopic (exact) mass is 261 g/mol. The van der Waals surface area contributed by atoms with Crippen molar-refractivity contribution in [1.29, 1.82) is 0 Å². The van der Waals surface area contributed by atoms with Crippen LogP contribution in [0.4, 0.5) is 11.4 Å². The van der Waals surface area contributed by atoms with Crippen LogP contribution < -0.4 is 19.9 Å². The van der Waals surface area contributed by atoms with Crippen LogP contribution in [0.15, 0.2) is 18.2 Å². The van der Waals surface area contributed by atoms with E-state index in [1.807, 2.05) is 0 Å². The molecule has 1 saturated heterocycles. The van der Waals surface area contributed by atoms with Crippen molar-refractivity contribution in [3.8, 4) is 5.75 Å². The number of rotatable bonds is 2. The van der Waals surface area contributed by atoms with Gasteiger partial charge in [-0.25, -0.2) is 0 Å². The molecule has 2 aliphatic heterocycles. The summed E-state index contributed by atoms with van der Waals surface area (Å²) in [5.74, 6) is 0.943. The van der Waals surface area contributed by atoms with Gasteiger partial charge in [0.25, 0.3) is 0 Å². The zero-order valence-corrected chi connectivity index (χ0v) is 12.0. The molecule has 1 unspecified atom stereocenters. The van der Waals surface area contributed by atoms with E-state index in [0.29, 0.717) is 12.1 Å². The minimum Gasteiger partial charge on any atom is -0.497 e. The van der Waals surface area contributed by atoms with Crippen molar-refractivity contribution in [2.45, 2.75) is 25.9 Å². The van der Waals surface area contributed by atoms with Gasteiger partial charge in [-0.3, -0.25) is 0 Å². The third-order valence-corrected chi connectivity index (χ3v) is 4.18. The lowest BCUT2D eigenvalue weighted by molar-refractivity contribution is 0.412. The fourth-order valence-corrected chi connectivity index (χ4v) is 3.16. The standard InChI is InChI=1S/C15H23N3O/c1-11(2)18-10-12-9-16-6-7-17(12)14-5-4-13(19-3)8-15(14)18/h4-5,8,11-12,16H,6-7,9-10H2,1-3H3. The normalized spacial score (nSPS) is 22.2. The Morgan fingerprint density at radius 2 is 2.16 bits per heavy atom. The topological polar surface area (TPSA) is 27.7 Å². The molecule has 0 amide bonds. The molecule has 0 spiro atoms. The van der Waals surface area contributed by atoms with Gasteiger partial charge in [0.15, 0.2) is 0 Å². The van der Waals surface area contributed by atoms with Crippen LogP contribution in [0.3, 0.4) is 0 Å². The van der Waals surface area contributed by atoms with Crippen LogP contribution in [-0.4, -0.2) is 45.4 Å². The van der Waals surface area contributed by atoms with Gasteiger partial charge in [0, 0.05) is 38.3 Å². The molecule has 1 fully saturated rings. The lowest BCUT2D eigenvalue weighted by atomic mass is 10.0. The first-order valence-corrected chi connectivity index (χ1v) is 7.12.